The van der Waals surface area contributed by atoms with Crippen LogP contribution in [-0.4, -0.2) is 101 Å². The fraction of sp³-hybridized carbons (Fsp3) is 0.455. The van der Waals surface area contributed by atoms with Gasteiger partial charge in [0.1, 0.15) is 0 Å². The second-order valence-electron chi connectivity index (χ2n) is 15.1. The molecule has 0 saturated carbocycles. The van der Waals surface area contributed by atoms with Gasteiger partial charge in [0.15, 0.2) is 0 Å². The third-order valence-corrected chi connectivity index (χ3v) is 10.3. The number of nitrogens with zero attached hydrogens (tertiary/aromatic N) is 8. The summed E-state index contributed by atoms with van der Waals surface area (Å²) in [6.07, 6.45) is 27.1. The molecule has 12 nitrogen and oxygen atoms in total. The zero-order chi connectivity index (χ0) is 38.9. The van der Waals surface area contributed by atoms with Gasteiger partial charge in [0.05, 0.1) is 25.3 Å². The molecule has 300 valence electrons. The minimum Gasteiger partial charge on any atom is -0.351 e. The second kappa shape index (κ2) is 25.3. The molecule has 4 N–H and O–H groups in total. The highest BCUT2D eigenvalue weighted by atomic mass is 15.2. The highest BCUT2D eigenvalue weighted by Gasteiger charge is 2.24. The third kappa shape index (κ3) is 16.5. The summed E-state index contributed by atoms with van der Waals surface area (Å²) in [6, 6.07) is 22.6. The summed E-state index contributed by atoms with van der Waals surface area (Å²) in [5, 5.41) is 6.54. The molecule has 8 heterocycles. The summed E-state index contributed by atoms with van der Waals surface area (Å²) in [5.41, 5.74) is 2.80. The summed E-state index contributed by atoms with van der Waals surface area (Å²) >= 11 is 0. The van der Waals surface area contributed by atoms with Gasteiger partial charge in [-0.3, -0.25) is 9.80 Å². The number of hydrogen-bond acceptors (Lipinski definition) is 8. The van der Waals surface area contributed by atoms with E-state index in [2.05, 4.69) is 146 Å². The molecule has 0 radical (unpaired) electrons. The lowest BCUT2D eigenvalue weighted by atomic mass is 10.2. The van der Waals surface area contributed by atoms with Gasteiger partial charge >= 0.3 is 0 Å². The molecule has 4 aliphatic heterocycles. The molecule has 4 aromatic heterocycles. The van der Waals surface area contributed by atoms with Crippen molar-refractivity contribution in [3.63, 3.8) is 0 Å². The first-order valence-corrected chi connectivity index (χ1v) is 20.4. The van der Waals surface area contributed by atoms with Gasteiger partial charge in [0.2, 0.25) is 0 Å². The monoisotopic (exact) mass is 761 g/mol. The van der Waals surface area contributed by atoms with Crippen molar-refractivity contribution in [2.24, 2.45) is 11.8 Å². The van der Waals surface area contributed by atoms with Crippen molar-refractivity contribution in [2.75, 3.05) is 52.4 Å². The Balaban J connectivity index is 0.000000141. The number of H-pyrrole nitrogens is 2. The predicted molar refractivity (Wildman–Crippen MR) is 226 cm³/mol. The summed E-state index contributed by atoms with van der Waals surface area (Å²) < 4.78 is 4.45. The van der Waals surface area contributed by atoms with Crippen molar-refractivity contribution < 1.29 is 0 Å². The number of benzene rings is 2. The third-order valence-electron chi connectivity index (χ3n) is 10.3. The standard InChI is InChI=1S/2C14H17N3.2C5H11N.2C3H4N2/c2*1-2-4-13(5-3-1)10-16-8-6-14(11-16)17-9-7-15-12-17;2*1-5-2-3-6-4-5;2*1-2-5-3-4-1/h2*1-5,7,9,12,14H,6,8,10-11H2;2*5-6H,2-4H2,1H3;2*1-3H,(H,4,5)/t14-;;2*5-;;/m0.10../s1. The van der Waals surface area contributed by atoms with E-state index in [4.69, 9.17) is 0 Å². The average molecular weight is 761 g/mol. The highest BCUT2D eigenvalue weighted by molar-refractivity contribution is 5.15. The van der Waals surface area contributed by atoms with Crippen LogP contribution in [-0.2, 0) is 13.1 Å². The van der Waals surface area contributed by atoms with Gasteiger partial charge in [-0.15, -0.1) is 0 Å². The molecule has 6 aromatic rings. The first-order valence-electron chi connectivity index (χ1n) is 20.4. The Bertz CT molecular complexity index is 1540. The van der Waals surface area contributed by atoms with Crippen molar-refractivity contribution in [1.29, 1.82) is 0 Å². The maximum atomic E-state index is 4.12. The molecular weight excluding hydrogens is 697 g/mol. The Kier molecular flexibility index (Phi) is 19.1. The zero-order valence-electron chi connectivity index (χ0n) is 33.5. The first kappa shape index (κ1) is 42.3. The molecule has 4 saturated heterocycles. The number of aromatic amines is 2. The molecule has 1 unspecified atom stereocenters. The smallest absolute Gasteiger partial charge is 0.0948 e. The number of hydrogen-bond donors (Lipinski definition) is 4. The van der Waals surface area contributed by atoms with Crippen LogP contribution in [0.25, 0.3) is 0 Å². The van der Waals surface area contributed by atoms with Crippen LogP contribution >= 0.6 is 0 Å². The predicted octanol–water partition coefficient (Wildman–Crippen LogP) is 6.71. The Morgan fingerprint density at radius 2 is 1.00 bits per heavy atom. The van der Waals surface area contributed by atoms with Crippen LogP contribution in [0, 0.1) is 11.8 Å². The van der Waals surface area contributed by atoms with Crippen molar-refractivity contribution >= 4 is 0 Å². The maximum absolute atomic E-state index is 4.12. The van der Waals surface area contributed by atoms with E-state index in [1.54, 1.807) is 37.4 Å². The molecule has 0 amide bonds. The van der Waals surface area contributed by atoms with Crippen molar-refractivity contribution in [3.05, 3.63) is 147 Å². The molecule has 4 fully saturated rings. The number of aromatic nitrogens is 8. The SMILES string of the molecule is C[C@@H]1CCNC1.C[C@H]1CCNC1.c1c[nH]cn1.c1c[nH]cn1.c1ccc(CN2CCC(n3ccnc3)C2)cc1.c1ccc(CN2CC[C@H](n3ccnc3)C2)cc1. The number of imidazole rings is 4. The van der Waals surface area contributed by atoms with E-state index in [9.17, 15) is 0 Å². The summed E-state index contributed by atoms with van der Waals surface area (Å²) in [7, 11) is 0. The van der Waals surface area contributed by atoms with Crippen LogP contribution in [0.2, 0.25) is 0 Å². The van der Waals surface area contributed by atoms with Gasteiger partial charge in [-0.25, -0.2) is 19.9 Å². The van der Waals surface area contributed by atoms with Gasteiger partial charge in [-0.05, 0) is 74.8 Å². The summed E-state index contributed by atoms with van der Waals surface area (Å²) in [4.78, 5) is 26.1. The first-order chi connectivity index (χ1) is 27.6. The molecule has 10 rings (SSSR count). The molecule has 0 spiro atoms. The Hall–Kier alpha value is -4.88. The largest absolute Gasteiger partial charge is 0.351 e. The van der Waals surface area contributed by atoms with Crippen LogP contribution in [0.3, 0.4) is 0 Å². The Morgan fingerprint density at radius 3 is 1.27 bits per heavy atom. The molecule has 0 bridgehead atoms. The number of rotatable bonds is 6. The van der Waals surface area contributed by atoms with Gasteiger partial charge in [0.25, 0.3) is 0 Å². The summed E-state index contributed by atoms with van der Waals surface area (Å²) in [6.45, 7) is 16.2. The van der Waals surface area contributed by atoms with Gasteiger partial charge in [-0.2, -0.15) is 0 Å². The van der Waals surface area contributed by atoms with Gasteiger partial charge in [0, 0.05) is 101 Å². The van der Waals surface area contributed by atoms with E-state index >= 15 is 0 Å². The van der Waals surface area contributed by atoms with E-state index in [-0.39, 0.29) is 0 Å². The summed E-state index contributed by atoms with van der Waals surface area (Å²) in [5.74, 6) is 1.87. The molecule has 0 aliphatic carbocycles. The molecule has 4 aliphatic rings. The average Bonchev–Trinajstić information content (AvgIpc) is 4.08. The van der Waals surface area contributed by atoms with Crippen LogP contribution in [0.15, 0.2) is 136 Å². The number of likely N-dealkylation sites (tertiary alicyclic amines) is 2. The van der Waals surface area contributed by atoms with E-state index in [1.807, 2.05) is 25.0 Å². The minimum absolute atomic E-state index is 0.598. The quantitative estimate of drug-likeness (QED) is 0.148. The van der Waals surface area contributed by atoms with Crippen LogP contribution in [0.1, 0.15) is 62.7 Å². The van der Waals surface area contributed by atoms with Crippen LogP contribution in [0.5, 0.6) is 0 Å². The van der Waals surface area contributed by atoms with E-state index in [1.165, 1.54) is 76.1 Å². The maximum Gasteiger partial charge on any atom is 0.0948 e. The molecule has 56 heavy (non-hydrogen) atoms. The Labute approximate surface area is 334 Å². The van der Waals surface area contributed by atoms with E-state index < -0.39 is 0 Å². The van der Waals surface area contributed by atoms with Crippen molar-refractivity contribution in [1.82, 2.24) is 59.5 Å². The van der Waals surface area contributed by atoms with Crippen molar-refractivity contribution in [2.45, 2.75) is 64.7 Å². The molecular formula is C44H64N12. The van der Waals surface area contributed by atoms with E-state index in [0.29, 0.717) is 12.1 Å². The second-order valence-corrected chi connectivity index (χ2v) is 15.1. The minimum atomic E-state index is 0.598. The normalized spacial score (nSPS) is 21.5. The fourth-order valence-electron chi connectivity index (χ4n) is 7.08. The zero-order valence-corrected chi connectivity index (χ0v) is 33.5. The van der Waals surface area contributed by atoms with E-state index in [0.717, 1.165) is 38.0 Å². The molecule has 2 aromatic carbocycles. The molecule has 4 atom stereocenters. The lowest BCUT2D eigenvalue weighted by molar-refractivity contribution is 0.316. The van der Waals surface area contributed by atoms with Gasteiger partial charge in [-0.1, -0.05) is 74.5 Å². The number of nitrogens with one attached hydrogen (secondary N) is 4. The lowest BCUT2D eigenvalue weighted by Gasteiger charge is -2.16. The fourth-order valence-corrected chi connectivity index (χ4v) is 7.08. The lowest BCUT2D eigenvalue weighted by Crippen LogP contribution is -2.20. The van der Waals surface area contributed by atoms with Gasteiger partial charge < -0.3 is 29.7 Å². The van der Waals surface area contributed by atoms with Crippen LogP contribution in [0.4, 0.5) is 0 Å². The highest BCUT2D eigenvalue weighted by Crippen LogP contribution is 2.23. The topological polar surface area (TPSA) is 124 Å². The van der Waals surface area contributed by atoms with Crippen molar-refractivity contribution in [3.8, 4) is 0 Å². The van der Waals surface area contributed by atoms with Crippen LogP contribution < -0.4 is 10.6 Å². The Morgan fingerprint density at radius 1 is 0.554 bits per heavy atom. The molecule has 12 heteroatoms.